The summed E-state index contributed by atoms with van der Waals surface area (Å²) in [5.41, 5.74) is 8.97. The normalized spacial score (nSPS) is 10.5. The van der Waals surface area contributed by atoms with Gasteiger partial charge in [-0.1, -0.05) is 18.2 Å². The van der Waals surface area contributed by atoms with Crippen molar-refractivity contribution in [3.63, 3.8) is 0 Å². The van der Waals surface area contributed by atoms with Crippen molar-refractivity contribution in [3.8, 4) is 22.9 Å². The zero-order valence-corrected chi connectivity index (χ0v) is 13.2. The van der Waals surface area contributed by atoms with E-state index >= 15 is 0 Å². The first-order chi connectivity index (χ1) is 11.2. The fourth-order valence-electron chi connectivity index (χ4n) is 2.48. The van der Waals surface area contributed by atoms with Crippen molar-refractivity contribution in [1.82, 2.24) is 9.97 Å². The molecule has 118 valence electrons. The molecule has 0 saturated heterocycles. The minimum absolute atomic E-state index is 0.502. The van der Waals surface area contributed by atoms with E-state index < -0.39 is 0 Å². The minimum atomic E-state index is 0.502. The van der Waals surface area contributed by atoms with Gasteiger partial charge in [0.2, 0.25) is 0 Å². The third-order valence-corrected chi connectivity index (χ3v) is 3.73. The molecule has 2 aromatic carbocycles. The van der Waals surface area contributed by atoms with Gasteiger partial charge >= 0.3 is 0 Å². The third kappa shape index (κ3) is 3.13. The van der Waals surface area contributed by atoms with E-state index in [9.17, 15) is 0 Å². The van der Waals surface area contributed by atoms with Crippen LogP contribution in [-0.4, -0.2) is 24.2 Å². The van der Waals surface area contributed by atoms with Crippen molar-refractivity contribution in [1.29, 1.82) is 0 Å². The van der Waals surface area contributed by atoms with Crippen LogP contribution in [-0.2, 0) is 6.42 Å². The fourth-order valence-corrected chi connectivity index (χ4v) is 2.48. The molecule has 0 aliphatic rings. The molecule has 0 saturated carbocycles. The van der Waals surface area contributed by atoms with E-state index in [1.807, 2.05) is 48.5 Å². The van der Waals surface area contributed by atoms with Gasteiger partial charge in [-0.05, 0) is 30.3 Å². The molecular weight excluding hydrogens is 290 g/mol. The summed E-state index contributed by atoms with van der Waals surface area (Å²) in [6, 6.07) is 15.6. The summed E-state index contributed by atoms with van der Waals surface area (Å²) in [5, 5.41) is 0. The van der Waals surface area contributed by atoms with Crippen LogP contribution in [0.25, 0.3) is 11.4 Å². The van der Waals surface area contributed by atoms with E-state index in [0.717, 1.165) is 34.1 Å². The van der Waals surface area contributed by atoms with Gasteiger partial charge in [0.1, 0.15) is 23.1 Å². The fraction of sp³-hybridized carbons (Fsp3) is 0.167. The number of hydrogen-bond donors (Lipinski definition) is 2. The summed E-state index contributed by atoms with van der Waals surface area (Å²) < 4.78 is 10.6. The molecule has 0 spiro atoms. The Morgan fingerprint density at radius 2 is 1.74 bits per heavy atom. The number of ether oxygens (including phenoxy) is 2. The molecule has 0 radical (unpaired) electrons. The first-order valence-corrected chi connectivity index (χ1v) is 7.32. The predicted octanol–water partition coefficient (Wildman–Crippen LogP) is 3.27. The summed E-state index contributed by atoms with van der Waals surface area (Å²) in [4.78, 5) is 7.73. The third-order valence-electron chi connectivity index (χ3n) is 3.73. The maximum Gasteiger partial charge on any atom is 0.145 e. The second-order valence-corrected chi connectivity index (χ2v) is 5.17. The van der Waals surface area contributed by atoms with Gasteiger partial charge in [-0.3, -0.25) is 0 Å². The molecule has 5 nitrogen and oxygen atoms in total. The molecule has 0 fully saturated rings. The maximum absolute atomic E-state index is 6.07. The Kier molecular flexibility index (Phi) is 4.19. The van der Waals surface area contributed by atoms with E-state index in [0.29, 0.717) is 12.2 Å². The molecule has 1 heterocycles. The van der Waals surface area contributed by atoms with Gasteiger partial charge in [0.25, 0.3) is 0 Å². The van der Waals surface area contributed by atoms with E-state index in [-0.39, 0.29) is 0 Å². The molecular formula is C18H19N3O2. The first kappa shape index (κ1) is 15.0. The van der Waals surface area contributed by atoms with E-state index in [2.05, 4.69) is 9.97 Å². The predicted molar refractivity (Wildman–Crippen MR) is 90.8 cm³/mol. The Labute approximate surface area is 135 Å². The number of H-pyrrole nitrogens is 1. The monoisotopic (exact) mass is 309 g/mol. The minimum Gasteiger partial charge on any atom is -0.497 e. The van der Waals surface area contributed by atoms with Crippen molar-refractivity contribution < 1.29 is 9.47 Å². The highest BCUT2D eigenvalue weighted by Crippen LogP contribution is 2.26. The lowest BCUT2D eigenvalue weighted by molar-refractivity contribution is 0.410. The number of methoxy groups -OCH3 is 2. The first-order valence-electron chi connectivity index (χ1n) is 7.32. The van der Waals surface area contributed by atoms with Gasteiger partial charge in [-0.2, -0.15) is 0 Å². The number of aromatic nitrogens is 2. The lowest BCUT2D eigenvalue weighted by atomic mass is 10.1. The molecule has 0 unspecified atom stereocenters. The molecule has 0 amide bonds. The Balaban J connectivity index is 1.88. The number of anilines is 1. The number of nitrogens with one attached hydrogen (secondary N) is 1. The zero-order valence-electron chi connectivity index (χ0n) is 13.2. The van der Waals surface area contributed by atoms with Crippen molar-refractivity contribution in [3.05, 3.63) is 59.8 Å². The number of nitrogens with two attached hydrogens (primary N) is 1. The molecule has 0 bridgehead atoms. The average Bonchev–Trinajstić information content (AvgIpc) is 2.96. The lowest BCUT2D eigenvalue weighted by Gasteiger charge is -2.07. The smallest absolute Gasteiger partial charge is 0.145 e. The summed E-state index contributed by atoms with van der Waals surface area (Å²) in [6.07, 6.45) is 0.638. The van der Waals surface area contributed by atoms with Gasteiger partial charge in [0.05, 0.1) is 19.9 Å². The number of nitrogen functional groups attached to an aromatic ring is 1. The Morgan fingerprint density at radius 3 is 2.43 bits per heavy atom. The van der Waals surface area contributed by atoms with Crippen LogP contribution >= 0.6 is 0 Å². The van der Waals surface area contributed by atoms with Gasteiger partial charge in [-0.15, -0.1) is 0 Å². The van der Waals surface area contributed by atoms with E-state index in [1.54, 1.807) is 14.2 Å². The maximum atomic E-state index is 6.07. The van der Waals surface area contributed by atoms with Crippen molar-refractivity contribution in [2.45, 2.75) is 6.42 Å². The molecule has 3 rings (SSSR count). The quantitative estimate of drug-likeness (QED) is 0.758. The highest BCUT2D eigenvalue weighted by molar-refractivity contribution is 5.60. The van der Waals surface area contributed by atoms with E-state index in [4.69, 9.17) is 15.2 Å². The summed E-state index contributed by atoms with van der Waals surface area (Å²) in [6.45, 7) is 0. The molecule has 3 N–H and O–H groups in total. The second-order valence-electron chi connectivity index (χ2n) is 5.17. The van der Waals surface area contributed by atoms with Crippen LogP contribution < -0.4 is 15.2 Å². The van der Waals surface area contributed by atoms with Gasteiger partial charge < -0.3 is 20.2 Å². The lowest BCUT2D eigenvalue weighted by Crippen LogP contribution is -1.97. The topological polar surface area (TPSA) is 73.2 Å². The van der Waals surface area contributed by atoms with Gasteiger partial charge in [-0.25, -0.2) is 4.98 Å². The van der Waals surface area contributed by atoms with Crippen LogP contribution in [0.3, 0.4) is 0 Å². The SMILES string of the molecule is COc1ccc(-c2nc(N)c(Cc3ccccc3OC)[nH]2)cc1. The second kappa shape index (κ2) is 6.44. The van der Waals surface area contributed by atoms with Crippen LogP contribution in [0.1, 0.15) is 11.3 Å². The molecule has 0 aliphatic carbocycles. The number of nitrogens with zero attached hydrogens (tertiary/aromatic N) is 1. The standard InChI is InChI=1S/C18H19N3O2/c1-22-14-9-7-12(8-10-14)18-20-15(17(19)21-18)11-13-5-3-4-6-16(13)23-2/h3-10H,11,19H2,1-2H3,(H,20,21). The van der Waals surface area contributed by atoms with Crippen LogP contribution in [0.5, 0.6) is 11.5 Å². The van der Waals surface area contributed by atoms with Crippen molar-refractivity contribution in [2.75, 3.05) is 20.0 Å². The summed E-state index contributed by atoms with van der Waals surface area (Å²) in [5.74, 6) is 2.90. The Morgan fingerprint density at radius 1 is 1.00 bits per heavy atom. The van der Waals surface area contributed by atoms with Crippen LogP contribution in [0.2, 0.25) is 0 Å². The highest BCUT2D eigenvalue weighted by atomic mass is 16.5. The van der Waals surface area contributed by atoms with Crippen LogP contribution in [0, 0.1) is 0 Å². The average molecular weight is 309 g/mol. The number of benzene rings is 2. The molecule has 3 aromatic rings. The van der Waals surface area contributed by atoms with Crippen LogP contribution in [0.4, 0.5) is 5.82 Å². The number of aromatic amines is 1. The number of rotatable bonds is 5. The number of para-hydroxylation sites is 1. The van der Waals surface area contributed by atoms with Crippen LogP contribution in [0.15, 0.2) is 48.5 Å². The van der Waals surface area contributed by atoms with Gasteiger partial charge in [0, 0.05) is 17.5 Å². The van der Waals surface area contributed by atoms with Gasteiger partial charge in [0.15, 0.2) is 0 Å². The molecule has 23 heavy (non-hydrogen) atoms. The van der Waals surface area contributed by atoms with Crippen molar-refractivity contribution >= 4 is 5.82 Å². The zero-order chi connectivity index (χ0) is 16.2. The van der Waals surface area contributed by atoms with Crippen molar-refractivity contribution in [2.24, 2.45) is 0 Å². The number of hydrogen-bond acceptors (Lipinski definition) is 4. The highest BCUT2D eigenvalue weighted by Gasteiger charge is 2.12. The van der Waals surface area contributed by atoms with E-state index in [1.165, 1.54) is 0 Å². The Bertz CT molecular complexity index is 794. The molecule has 0 aliphatic heterocycles. The summed E-state index contributed by atoms with van der Waals surface area (Å²) in [7, 11) is 3.31. The Hall–Kier alpha value is -2.95. The summed E-state index contributed by atoms with van der Waals surface area (Å²) >= 11 is 0. The largest absolute Gasteiger partial charge is 0.497 e. The molecule has 1 aromatic heterocycles. The molecule has 5 heteroatoms. The molecule has 0 atom stereocenters. The number of imidazole rings is 1.